The van der Waals surface area contributed by atoms with Crippen molar-refractivity contribution in [2.45, 2.75) is 38.8 Å². The summed E-state index contributed by atoms with van der Waals surface area (Å²) in [6.45, 7) is 8.07. The van der Waals surface area contributed by atoms with Crippen LogP contribution in [0.5, 0.6) is 0 Å². The second kappa shape index (κ2) is 6.04. The van der Waals surface area contributed by atoms with Gasteiger partial charge in [-0.05, 0) is 20.8 Å². The van der Waals surface area contributed by atoms with E-state index >= 15 is 0 Å². The van der Waals surface area contributed by atoms with Gasteiger partial charge < -0.3 is 20.3 Å². The third-order valence-electron chi connectivity index (χ3n) is 1.74. The van der Waals surface area contributed by atoms with Crippen molar-refractivity contribution in [1.29, 1.82) is 0 Å². The third-order valence-corrected chi connectivity index (χ3v) is 1.74. The monoisotopic (exact) mass is 259 g/mol. The van der Waals surface area contributed by atoms with Crippen LogP contribution < -0.4 is 5.32 Å². The van der Waals surface area contributed by atoms with Crippen LogP contribution in [0.4, 0.5) is 4.79 Å². The van der Waals surface area contributed by atoms with Crippen molar-refractivity contribution in [2.24, 2.45) is 0 Å². The average Bonchev–Trinajstić information content (AvgIpc) is 2.12. The molecule has 7 heteroatoms. The Bertz CT molecular complexity index is 368. The van der Waals surface area contributed by atoms with E-state index in [2.05, 4.69) is 11.9 Å². The molecular weight excluding hydrogens is 242 g/mol. The number of rotatable bonds is 5. The maximum absolute atomic E-state index is 11.4. The van der Waals surface area contributed by atoms with Gasteiger partial charge >= 0.3 is 18.0 Å². The highest BCUT2D eigenvalue weighted by atomic mass is 16.6. The summed E-state index contributed by atoms with van der Waals surface area (Å²) in [5.41, 5.74) is -1.07. The topological polar surface area (TPSA) is 113 Å². The first-order valence-corrected chi connectivity index (χ1v) is 5.16. The molecule has 0 aliphatic heterocycles. The Morgan fingerprint density at radius 3 is 2.11 bits per heavy atom. The predicted molar refractivity (Wildman–Crippen MR) is 62.2 cm³/mol. The lowest BCUT2D eigenvalue weighted by Crippen LogP contribution is -2.44. The summed E-state index contributed by atoms with van der Waals surface area (Å²) < 4.78 is 4.87. The van der Waals surface area contributed by atoms with Crippen LogP contribution in [0.25, 0.3) is 0 Å². The molecule has 1 atom stereocenters. The second-order valence-electron chi connectivity index (χ2n) is 4.65. The molecule has 3 N–H and O–H groups in total. The van der Waals surface area contributed by atoms with E-state index in [0.29, 0.717) is 0 Å². The molecule has 0 aromatic rings. The lowest BCUT2D eigenvalue weighted by atomic mass is 10.1. The van der Waals surface area contributed by atoms with Gasteiger partial charge in [0.1, 0.15) is 11.6 Å². The molecule has 102 valence electrons. The van der Waals surface area contributed by atoms with Gasteiger partial charge in [0.2, 0.25) is 0 Å². The van der Waals surface area contributed by atoms with Crippen LogP contribution in [0.3, 0.4) is 0 Å². The Balaban J connectivity index is 4.55. The highest BCUT2D eigenvalue weighted by molar-refractivity contribution is 5.88. The number of nitrogens with one attached hydrogen (secondary N) is 1. The zero-order chi connectivity index (χ0) is 14.5. The lowest BCUT2D eigenvalue weighted by Gasteiger charge is -2.21. The smallest absolute Gasteiger partial charge is 0.408 e. The molecule has 0 saturated carbocycles. The molecule has 0 aromatic carbocycles. The number of ether oxygens (including phenoxy) is 1. The normalized spacial score (nSPS) is 12.4. The zero-order valence-electron chi connectivity index (χ0n) is 10.5. The molecular formula is C11H17NO6. The molecule has 0 saturated heterocycles. The molecule has 0 fully saturated rings. The van der Waals surface area contributed by atoms with Crippen molar-refractivity contribution in [2.75, 3.05) is 0 Å². The van der Waals surface area contributed by atoms with Gasteiger partial charge in [-0.1, -0.05) is 6.58 Å². The third kappa shape index (κ3) is 6.51. The van der Waals surface area contributed by atoms with E-state index < -0.39 is 36.1 Å². The first kappa shape index (κ1) is 16.0. The molecule has 7 nitrogen and oxygen atoms in total. The highest BCUT2D eigenvalue weighted by Crippen LogP contribution is 2.09. The van der Waals surface area contributed by atoms with E-state index in [1.165, 1.54) is 0 Å². The van der Waals surface area contributed by atoms with Gasteiger partial charge in [-0.2, -0.15) is 0 Å². The SMILES string of the molecule is C=C(CC(NC(=O)OC(C)(C)C)C(=O)O)C(=O)O. The second-order valence-corrected chi connectivity index (χ2v) is 4.65. The Morgan fingerprint density at radius 1 is 1.28 bits per heavy atom. The molecule has 1 unspecified atom stereocenters. The summed E-state index contributed by atoms with van der Waals surface area (Å²) in [5, 5.41) is 19.5. The molecule has 0 aliphatic carbocycles. The molecule has 0 bridgehead atoms. The number of carbonyl (C=O) groups is 3. The quantitative estimate of drug-likeness (QED) is 0.635. The fraction of sp³-hybridized carbons (Fsp3) is 0.545. The number of hydrogen-bond donors (Lipinski definition) is 3. The first-order chi connectivity index (χ1) is 8.03. The van der Waals surface area contributed by atoms with Gasteiger partial charge in [0, 0.05) is 12.0 Å². The van der Waals surface area contributed by atoms with Crippen LogP contribution >= 0.6 is 0 Å². The highest BCUT2D eigenvalue weighted by Gasteiger charge is 2.25. The van der Waals surface area contributed by atoms with Gasteiger partial charge in [-0.25, -0.2) is 14.4 Å². The largest absolute Gasteiger partial charge is 0.480 e. The molecule has 0 spiro atoms. The molecule has 0 heterocycles. The van der Waals surface area contributed by atoms with E-state index in [-0.39, 0.29) is 5.57 Å². The number of amides is 1. The number of carbonyl (C=O) groups excluding carboxylic acids is 1. The van der Waals surface area contributed by atoms with E-state index in [1.807, 2.05) is 0 Å². The van der Waals surface area contributed by atoms with Crippen molar-refractivity contribution in [3.63, 3.8) is 0 Å². The molecule has 1 amide bonds. The van der Waals surface area contributed by atoms with Crippen LogP contribution in [0.15, 0.2) is 12.2 Å². The summed E-state index contributed by atoms with van der Waals surface area (Å²) in [5.74, 6) is -2.67. The molecule has 0 aliphatic rings. The Kier molecular flexibility index (Phi) is 5.35. The summed E-state index contributed by atoms with van der Waals surface area (Å²) in [4.78, 5) is 32.7. The maximum Gasteiger partial charge on any atom is 0.408 e. The van der Waals surface area contributed by atoms with E-state index in [9.17, 15) is 14.4 Å². The van der Waals surface area contributed by atoms with E-state index in [4.69, 9.17) is 14.9 Å². The van der Waals surface area contributed by atoms with Crippen molar-refractivity contribution in [3.8, 4) is 0 Å². The van der Waals surface area contributed by atoms with Crippen molar-refractivity contribution in [3.05, 3.63) is 12.2 Å². The van der Waals surface area contributed by atoms with Crippen LogP contribution in [0.1, 0.15) is 27.2 Å². The standard InChI is InChI=1S/C11H17NO6/c1-6(8(13)14)5-7(9(15)16)12-10(17)18-11(2,3)4/h7H,1,5H2,2-4H3,(H,12,17)(H,13,14)(H,15,16). The molecule has 0 rings (SSSR count). The minimum atomic E-state index is -1.39. The fourth-order valence-electron chi connectivity index (χ4n) is 0.984. The average molecular weight is 259 g/mol. The number of aliphatic carboxylic acids is 2. The van der Waals surface area contributed by atoms with Gasteiger partial charge in [0.15, 0.2) is 0 Å². The molecule has 18 heavy (non-hydrogen) atoms. The molecule has 0 radical (unpaired) electrons. The number of carboxylic acids is 2. The number of alkyl carbamates (subject to hydrolysis) is 1. The van der Waals surface area contributed by atoms with E-state index in [1.54, 1.807) is 20.8 Å². The minimum absolute atomic E-state index is 0.307. The summed E-state index contributed by atoms with van der Waals surface area (Å²) in [6.07, 6.45) is -1.32. The lowest BCUT2D eigenvalue weighted by molar-refractivity contribution is -0.139. The zero-order valence-corrected chi connectivity index (χ0v) is 10.5. The van der Waals surface area contributed by atoms with Gasteiger partial charge in [0.05, 0.1) is 0 Å². The van der Waals surface area contributed by atoms with Crippen molar-refractivity contribution in [1.82, 2.24) is 5.32 Å². The summed E-state index contributed by atoms with van der Waals surface area (Å²) in [7, 11) is 0. The Labute approximate surface area is 104 Å². The maximum atomic E-state index is 11.4. The predicted octanol–water partition coefficient (Wildman–Crippen LogP) is 0.995. The molecule has 0 aromatic heterocycles. The van der Waals surface area contributed by atoms with Crippen LogP contribution in [0, 0.1) is 0 Å². The Hall–Kier alpha value is -2.05. The van der Waals surface area contributed by atoms with Crippen molar-refractivity contribution >= 4 is 18.0 Å². The Morgan fingerprint density at radius 2 is 1.78 bits per heavy atom. The van der Waals surface area contributed by atoms with Crippen molar-refractivity contribution < 1.29 is 29.3 Å². The minimum Gasteiger partial charge on any atom is -0.480 e. The van der Waals surface area contributed by atoms with Crippen LogP contribution in [-0.2, 0) is 14.3 Å². The number of carboxylic acid groups (broad SMARTS) is 2. The fourth-order valence-corrected chi connectivity index (χ4v) is 0.984. The van der Waals surface area contributed by atoms with Gasteiger partial charge in [-0.15, -0.1) is 0 Å². The van der Waals surface area contributed by atoms with Gasteiger partial charge in [0.25, 0.3) is 0 Å². The van der Waals surface area contributed by atoms with Crippen LogP contribution in [-0.4, -0.2) is 39.9 Å². The summed E-state index contributed by atoms with van der Waals surface area (Å²) >= 11 is 0. The van der Waals surface area contributed by atoms with E-state index in [0.717, 1.165) is 0 Å². The summed E-state index contributed by atoms with van der Waals surface area (Å²) in [6, 6.07) is -1.39. The first-order valence-electron chi connectivity index (χ1n) is 5.16. The van der Waals surface area contributed by atoms with Gasteiger partial charge in [-0.3, -0.25) is 0 Å². The number of hydrogen-bond acceptors (Lipinski definition) is 4. The van der Waals surface area contributed by atoms with Crippen LogP contribution in [0.2, 0.25) is 0 Å².